The van der Waals surface area contributed by atoms with Gasteiger partial charge in [-0.05, 0) is 24.6 Å². The van der Waals surface area contributed by atoms with Crippen molar-refractivity contribution in [1.82, 2.24) is 5.32 Å². The number of carbonyl (C=O) groups excluding carboxylic acids is 1. The first-order valence-corrected chi connectivity index (χ1v) is 6.85. The third kappa shape index (κ3) is 2.71. The number of ether oxygens (including phenoxy) is 1. The molecule has 0 spiro atoms. The molecule has 19 heavy (non-hydrogen) atoms. The van der Waals surface area contributed by atoms with E-state index in [1.165, 1.54) is 11.3 Å². The number of hydrogen-bond donors (Lipinski definition) is 2. The molecule has 1 aromatic heterocycles. The Morgan fingerprint density at radius 1 is 1.37 bits per heavy atom. The third-order valence-corrected chi connectivity index (χ3v) is 3.60. The number of nitrogens with one attached hydrogen (secondary N) is 1. The van der Waals surface area contributed by atoms with Crippen LogP contribution in [0.3, 0.4) is 0 Å². The topological polar surface area (TPSA) is 64.3 Å². The van der Waals surface area contributed by atoms with Gasteiger partial charge in [-0.2, -0.15) is 0 Å². The summed E-state index contributed by atoms with van der Waals surface area (Å²) in [6, 6.07) is 7.57. The van der Waals surface area contributed by atoms with Crippen LogP contribution < -0.4 is 15.8 Å². The number of thiophene rings is 1. The summed E-state index contributed by atoms with van der Waals surface area (Å²) >= 11 is 1.38. The number of rotatable bonds is 4. The average Bonchev–Trinajstić information content (AvgIpc) is 2.81. The number of carbonyl (C=O) groups is 1. The summed E-state index contributed by atoms with van der Waals surface area (Å²) in [5, 5.41) is 5.23. The molecule has 0 atom stereocenters. The van der Waals surface area contributed by atoms with Gasteiger partial charge in [-0.15, -0.1) is 11.3 Å². The first kappa shape index (κ1) is 13.4. The molecule has 2 rings (SSSR count). The van der Waals surface area contributed by atoms with Gasteiger partial charge in [-0.25, -0.2) is 0 Å². The lowest BCUT2D eigenvalue weighted by molar-refractivity contribution is 0.0957. The SMILES string of the molecule is CCNC(=O)c1c(-c2ccc(OC)cc2)csc1N. The molecule has 0 aliphatic rings. The molecule has 3 N–H and O–H groups in total. The highest BCUT2D eigenvalue weighted by Crippen LogP contribution is 2.34. The average molecular weight is 276 g/mol. The minimum Gasteiger partial charge on any atom is -0.497 e. The van der Waals surface area contributed by atoms with Crippen LogP contribution in [0.25, 0.3) is 11.1 Å². The molecule has 0 bridgehead atoms. The zero-order valence-electron chi connectivity index (χ0n) is 10.9. The van der Waals surface area contributed by atoms with Crippen molar-refractivity contribution in [2.45, 2.75) is 6.92 Å². The van der Waals surface area contributed by atoms with Crippen LogP contribution in [0.4, 0.5) is 5.00 Å². The van der Waals surface area contributed by atoms with Gasteiger partial charge < -0.3 is 15.8 Å². The van der Waals surface area contributed by atoms with Gasteiger partial charge in [0, 0.05) is 17.5 Å². The van der Waals surface area contributed by atoms with Gasteiger partial charge in [0.15, 0.2) is 0 Å². The molecular weight excluding hydrogens is 260 g/mol. The third-order valence-electron chi connectivity index (χ3n) is 2.78. The fraction of sp³-hybridized carbons (Fsp3) is 0.214. The maximum atomic E-state index is 12.0. The quantitative estimate of drug-likeness (QED) is 0.902. The van der Waals surface area contributed by atoms with Gasteiger partial charge in [-0.1, -0.05) is 12.1 Å². The van der Waals surface area contributed by atoms with Gasteiger partial charge >= 0.3 is 0 Å². The van der Waals surface area contributed by atoms with Crippen LogP contribution in [0.2, 0.25) is 0 Å². The normalized spacial score (nSPS) is 10.2. The Kier molecular flexibility index (Phi) is 4.06. The monoisotopic (exact) mass is 276 g/mol. The van der Waals surface area contributed by atoms with Gasteiger partial charge in [-0.3, -0.25) is 4.79 Å². The summed E-state index contributed by atoms with van der Waals surface area (Å²) < 4.78 is 5.13. The van der Waals surface area contributed by atoms with Gasteiger partial charge in [0.1, 0.15) is 5.75 Å². The van der Waals surface area contributed by atoms with Crippen molar-refractivity contribution >= 4 is 22.2 Å². The summed E-state index contributed by atoms with van der Waals surface area (Å²) in [5.74, 6) is 0.651. The van der Waals surface area contributed by atoms with Crippen LogP contribution >= 0.6 is 11.3 Å². The smallest absolute Gasteiger partial charge is 0.254 e. The van der Waals surface area contributed by atoms with E-state index in [0.717, 1.165) is 16.9 Å². The van der Waals surface area contributed by atoms with E-state index in [2.05, 4.69) is 5.32 Å². The summed E-state index contributed by atoms with van der Waals surface area (Å²) in [4.78, 5) is 12.0. The maximum Gasteiger partial charge on any atom is 0.254 e. The van der Waals surface area contributed by atoms with Crippen LogP contribution in [0.15, 0.2) is 29.6 Å². The first-order valence-electron chi connectivity index (χ1n) is 5.97. The van der Waals surface area contributed by atoms with Gasteiger partial charge in [0.05, 0.1) is 17.7 Å². The number of anilines is 1. The first-order chi connectivity index (χ1) is 9.17. The highest BCUT2D eigenvalue weighted by atomic mass is 32.1. The van der Waals surface area contributed by atoms with E-state index >= 15 is 0 Å². The summed E-state index contributed by atoms with van der Waals surface area (Å²) in [5.41, 5.74) is 8.26. The molecule has 100 valence electrons. The molecule has 1 amide bonds. The van der Waals surface area contributed by atoms with E-state index in [1.54, 1.807) is 7.11 Å². The molecule has 0 unspecified atom stereocenters. The lowest BCUT2D eigenvalue weighted by Crippen LogP contribution is -2.23. The molecule has 4 nitrogen and oxygen atoms in total. The van der Waals surface area contributed by atoms with E-state index in [0.29, 0.717) is 17.1 Å². The maximum absolute atomic E-state index is 12.0. The highest BCUT2D eigenvalue weighted by molar-refractivity contribution is 7.15. The Morgan fingerprint density at radius 2 is 2.05 bits per heavy atom. The number of nitrogens with two attached hydrogens (primary N) is 1. The molecule has 0 aliphatic carbocycles. The summed E-state index contributed by atoms with van der Waals surface area (Å²) in [7, 11) is 1.62. The molecule has 0 aliphatic heterocycles. The molecule has 1 heterocycles. The van der Waals surface area contributed by atoms with Crippen molar-refractivity contribution in [2.24, 2.45) is 0 Å². The van der Waals surface area contributed by atoms with Crippen molar-refractivity contribution < 1.29 is 9.53 Å². The fourth-order valence-corrected chi connectivity index (χ4v) is 2.66. The highest BCUT2D eigenvalue weighted by Gasteiger charge is 2.17. The van der Waals surface area contributed by atoms with Crippen molar-refractivity contribution in [2.75, 3.05) is 19.4 Å². The standard InChI is InChI=1S/C14H16N2O2S/c1-3-16-14(17)12-11(8-19-13(12)15)9-4-6-10(18-2)7-5-9/h4-8H,3,15H2,1-2H3,(H,16,17). The Labute approximate surface area is 116 Å². The second-order valence-corrected chi connectivity index (χ2v) is 4.89. The van der Waals surface area contributed by atoms with Crippen molar-refractivity contribution in [3.05, 3.63) is 35.2 Å². The van der Waals surface area contributed by atoms with Gasteiger partial charge in [0.2, 0.25) is 0 Å². The predicted molar refractivity (Wildman–Crippen MR) is 78.7 cm³/mol. The number of methoxy groups -OCH3 is 1. The summed E-state index contributed by atoms with van der Waals surface area (Å²) in [6.45, 7) is 2.46. The van der Waals surface area contributed by atoms with E-state index in [4.69, 9.17) is 10.5 Å². The van der Waals surface area contributed by atoms with Crippen LogP contribution in [0.1, 0.15) is 17.3 Å². The Morgan fingerprint density at radius 3 is 2.63 bits per heavy atom. The molecule has 0 saturated heterocycles. The van der Waals surface area contributed by atoms with Crippen molar-refractivity contribution in [3.63, 3.8) is 0 Å². The zero-order chi connectivity index (χ0) is 13.8. The minimum atomic E-state index is -0.132. The number of nitrogen functional groups attached to an aromatic ring is 1. The van der Waals surface area contributed by atoms with Crippen molar-refractivity contribution in [1.29, 1.82) is 0 Å². The van der Waals surface area contributed by atoms with E-state index in [1.807, 2.05) is 36.6 Å². The second kappa shape index (κ2) is 5.75. The molecule has 2 aromatic rings. The van der Waals surface area contributed by atoms with Crippen LogP contribution in [-0.2, 0) is 0 Å². The van der Waals surface area contributed by atoms with Crippen LogP contribution in [-0.4, -0.2) is 19.6 Å². The minimum absolute atomic E-state index is 0.132. The molecule has 0 saturated carbocycles. The molecular formula is C14H16N2O2S. The lowest BCUT2D eigenvalue weighted by atomic mass is 10.0. The van der Waals surface area contributed by atoms with Gasteiger partial charge in [0.25, 0.3) is 5.91 Å². The van der Waals surface area contributed by atoms with Crippen LogP contribution in [0, 0.1) is 0 Å². The number of amides is 1. The predicted octanol–water partition coefficient (Wildman–Crippen LogP) is 2.76. The second-order valence-electron chi connectivity index (χ2n) is 3.98. The Bertz CT molecular complexity index is 576. The summed E-state index contributed by atoms with van der Waals surface area (Å²) in [6.07, 6.45) is 0. The number of benzene rings is 1. The zero-order valence-corrected chi connectivity index (χ0v) is 11.7. The lowest BCUT2D eigenvalue weighted by Gasteiger charge is -2.07. The fourth-order valence-electron chi connectivity index (χ4n) is 1.84. The molecule has 0 fully saturated rings. The Balaban J connectivity index is 2.41. The van der Waals surface area contributed by atoms with E-state index in [-0.39, 0.29) is 5.91 Å². The van der Waals surface area contributed by atoms with E-state index < -0.39 is 0 Å². The molecule has 0 radical (unpaired) electrons. The molecule has 1 aromatic carbocycles. The van der Waals surface area contributed by atoms with Crippen LogP contribution in [0.5, 0.6) is 5.75 Å². The van der Waals surface area contributed by atoms with E-state index in [9.17, 15) is 4.79 Å². The molecule has 5 heteroatoms. The largest absolute Gasteiger partial charge is 0.497 e. The number of hydrogen-bond acceptors (Lipinski definition) is 4. The Hall–Kier alpha value is -2.01. The van der Waals surface area contributed by atoms with Crippen molar-refractivity contribution in [3.8, 4) is 16.9 Å².